The Kier molecular flexibility index (Phi) is 6.27. The summed E-state index contributed by atoms with van der Waals surface area (Å²) in [6, 6.07) is 13.9. The second kappa shape index (κ2) is 8.51. The van der Waals surface area contributed by atoms with Gasteiger partial charge in [0, 0.05) is 43.9 Å². The largest absolute Gasteiger partial charge is 0.368 e. The molecule has 1 heterocycles. The van der Waals surface area contributed by atoms with Crippen LogP contribution >= 0.6 is 11.6 Å². The fourth-order valence-electron chi connectivity index (χ4n) is 3.27. The molecule has 0 aromatic heterocycles. The molecule has 2 aromatic rings. The number of anilines is 1. The lowest BCUT2D eigenvalue weighted by atomic mass is 10.1. The van der Waals surface area contributed by atoms with Gasteiger partial charge < -0.3 is 9.80 Å². The lowest BCUT2D eigenvalue weighted by Gasteiger charge is -2.37. The molecule has 0 N–H and O–H groups in total. The molecule has 1 aliphatic rings. The number of amides is 1. The molecule has 28 heavy (non-hydrogen) atoms. The van der Waals surface area contributed by atoms with Crippen LogP contribution in [0.5, 0.6) is 0 Å². The Morgan fingerprint density at radius 1 is 1.07 bits per heavy atom. The van der Waals surface area contributed by atoms with Gasteiger partial charge in [0.1, 0.15) is 0 Å². The Bertz CT molecular complexity index is 942. The Morgan fingerprint density at radius 3 is 2.36 bits per heavy atom. The zero-order chi connectivity index (χ0) is 20.3. The summed E-state index contributed by atoms with van der Waals surface area (Å²) in [4.78, 5) is 16.7. The molecule has 0 radical (unpaired) electrons. The number of hydrogen-bond donors (Lipinski definition) is 0. The summed E-state index contributed by atoms with van der Waals surface area (Å²) in [6.07, 6.45) is 0. The molecule has 150 valence electrons. The molecule has 6 nitrogen and oxygen atoms in total. The van der Waals surface area contributed by atoms with Crippen LogP contribution in [0, 0.1) is 6.92 Å². The van der Waals surface area contributed by atoms with Gasteiger partial charge in [-0.2, -0.15) is 4.31 Å². The van der Waals surface area contributed by atoms with Crippen LogP contribution < -0.4 is 4.90 Å². The van der Waals surface area contributed by atoms with Crippen LogP contribution in [0.1, 0.15) is 5.56 Å². The van der Waals surface area contributed by atoms with Crippen molar-refractivity contribution in [2.24, 2.45) is 0 Å². The molecule has 0 aliphatic carbocycles. The van der Waals surface area contributed by atoms with Crippen molar-refractivity contribution in [2.45, 2.75) is 11.8 Å². The van der Waals surface area contributed by atoms with Crippen LogP contribution in [0.25, 0.3) is 0 Å². The number of benzene rings is 2. The average Bonchev–Trinajstić information content (AvgIpc) is 2.70. The first-order chi connectivity index (χ1) is 13.3. The highest BCUT2D eigenvalue weighted by atomic mass is 35.5. The number of piperazine rings is 1. The fourth-order valence-corrected chi connectivity index (χ4v) is 4.58. The first kappa shape index (κ1) is 20.6. The minimum absolute atomic E-state index is 0.173. The first-order valence-corrected chi connectivity index (χ1v) is 10.9. The van der Waals surface area contributed by atoms with Gasteiger partial charge in [0.15, 0.2) is 0 Å². The van der Waals surface area contributed by atoms with Crippen molar-refractivity contribution in [3.63, 3.8) is 0 Å². The standard InChI is InChI=1S/C20H24ClN3O3S/c1-16-8-9-17(21)14-19(16)23-10-12-24(13-11-23)20(25)15-22(2)28(26,27)18-6-4-3-5-7-18/h3-9,14H,10-13,15H2,1-2H3. The minimum Gasteiger partial charge on any atom is -0.368 e. The van der Waals surface area contributed by atoms with E-state index in [9.17, 15) is 13.2 Å². The van der Waals surface area contributed by atoms with Crippen LogP contribution in [-0.4, -0.2) is 63.3 Å². The highest BCUT2D eigenvalue weighted by molar-refractivity contribution is 7.89. The number of likely N-dealkylation sites (N-methyl/N-ethyl adjacent to an activating group) is 1. The summed E-state index contributed by atoms with van der Waals surface area (Å²) in [5, 5.41) is 0.687. The van der Waals surface area contributed by atoms with Gasteiger partial charge in [-0.15, -0.1) is 0 Å². The molecule has 1 fully saturated rings. The van der Waals surface area contributed by atoms with Gasteiger partial charge in [0.05, 0.1) is 11.4 Å². The van der Waals surface area contributed by atoms with Gasteiger partial charge in [-0.25, -0.2) is 8.42 Å². The maximum atomic E-state index is 12.6. The van der Waals surface area contributed by atoms with E-state index in [1.54, 1.807) is 23.1 Å². The minimum atomic E-state index is -3.68. The fraction of sp³-hybridized carbons (Fsp3) is 0.350. The second-order valence-electron chi connectivity index (χ2n) is 6.87. The number of carbonyl (C=O) groups excluding carboxylic acids is 1. The predicted molar refractivity (Wildman–Crippen MR) is 111 cm³/mol. The summed E-state index contributed by atoms with van der Waals surface area (Å²) in [7, 11) is -2.24. The van der Waals surface area contributed by atoms with Crippen LogP contribution in [-0.2, 0) is 14.8 Å². The van der Waals surface area contributed by atoms with Gasteiger partial charge in [-0.3, -0.25) is 4.79 Å². The molecular formula is C20H24ClN3O3S. The zero-order valence-electron chi connectivity index (χ0n) is 16.0. The van der Waals surface area contributed by atoms with E-state index in [0.29, 0.717) is 31.2 Å². The van der Waals surface area contributed by atoms with Crippen molar-refractivity contribution < 1.29 is 13.2 Å². The van der Waals surface area contributed by atoms with E-state index in [4.69, 9.17) is 11.6 Å². The van der Waals surface area contributed by atoms with Gasteiger partial charge in [-0.1, -0.05) is 35.9 Å². The lowest BCUT2D eigenvalue weighted by Crippen LogP contribution is -2.51. The molecule has 0 unspecified atom stereocenters. The van der Waals surface area contributed by atoms with Crippen molar-refractivity contribution in [1.29, 1.82) is 0 Å². The third kappa shape index (κ3) is 4.48. The van der Waals surface area contributed by atoms with E-state index >= 15 is 0 Å². The number of carbonyl (C=O) groups is 1. The predicted octanol–water partition coefficient (Wildman–Crippen LogP) is 2.62. The monoisotopic (exact) mass is 421 g/mol. The van der Waals surface area contributed by atoms with Crippen molar-refractivity contribution in [3.05, 3.63) is 59.1 Å². The van der Waals surface area contributed by atoms with Crippen molar-refractivity contribution in [3.8, 4) is 0 Å². The third-order valence-corrected chi connectivity index (χ3v) is 7.01. The van der Waals surface area contributed by atoms with Crippen molar-refractivity contribution in [1.82, 2.24) is 9.21 Å². The summed E-state index contributed by atoms with van der Waals surface area (Å²) in [6.45, 7) is 4.32. The highest BCUT2D eigenvalue weighted by Crippen LogP contribution is 2.25. The second-order valence-corrected chi connectivity index (χ2v) is 9.35. The Balaban J connectivity index is 1.60. The molecule has 1 amide bonds. The zero-order valence-corrected chi connectivity index (χ0v) is 17.6. The van der Waals surface area contributed by atoms with E-state index in [0.717, 1.165) is 15.6 Å². The molecule has 1 saturated heterocycles. The van der Waals surface area contributed by atoms with Gasteiger partial charge in [0.2, 0.25) is 15.9 Å². The molecule has 2 aromatic carbocycles. The Morgan fingerprint density at radius 2 is 1.71 bits per heavy atom. The third-order valence-electron chi connectivity index (χ3n) is 4.95. The SMILES string of the molecule is Cc1ccc(Cl)cc1N1CCN(C(=O)CN(C)S(=O)(=O)c2ccccc2)CC1. The van der Waals surface area contributed by atoms with Crippen LogP contribution in [0.4, 0.5) is 5.69 Å². The molecular weight excluding hydrogens is 398 g/mol. The van der Waals surface area contributed by atoms with E-state index in [-0.39, 0.29) is 17.3 Å². The van der Waals surface area contributed by atoms with E-state index in [1.807, 2.05) is 25.1 Å². The molecule has 0 bridgehead atoms. The van der Waals surface area contributed by atoms with E-state index < -0.39 is 10.0 Å². The maximum absolute atomic E-state index is 12.6. The summed E-state index contributed by atoms with van der Waals surface area (Å²) in [5.74, 6) is -0.190. The smallest absolute Gasteiger partial charge is 0.243 e. The van der Waals surface area contributed by atoms with Crippen molar-refractivity contribution in [2.75, 3.05) is 44.7 Å². The Labute approximate surface area is 171 Å². The summed E-state index contributed by atoms with van der Waals surface area (Å²) in [5.41, 5.74) is 2.21. The highest BCUT2D eigenvalue weighted by Gasteiger charge is 2.27. The number of nitrogens with zero attached hydrogens (tertiary/aromatic N) is 3. The number of halogens is 1. The average molecular weight is 422 g/mol. The molecule has 0 atom stereocenters. The lowest BCUT2D eigenvalue weighted by molar-refractivity contribution is -0.131. The number of sulfonamides is 1. The van der Waals surface area contributed by atoms with Gasteiger partial charge >= 0.3 is 0 Å². The summed E-state index contributed by atoms with van der Waals surface area (Å²) < 4.78 is 26.3. The number of hydrogen-bond acceptors (Lipinski definition) is 4. The molecule has 0 saturated carbocycles. The molecule has 0 spiro atoms. The quantitative estimate of drug-likeness (QED) is 0.744. The topological polar surface area (TPSA) is 60.9 Å². The van der Waals surface area contributed by atoms with Crippen molar-refractivity contribution >= 4 is 33.2 Å². The normalized spacial score (nSPS) is 15.1. The summed E-state index contributed by atoms with van der Waals surface area (Å²) >= 11 is 6.11. The van der Waals surface area contributed by atoms with Crippen LogP contribution in [0.2, 0.25) is 5.02 Å². The molecule has 8 heteroatoms. The van der Waals surface area contributed by atoms with E-state index in [2.05, 4.69) is 4.90 Å². The Hall–Kier alpha value is -2.09. The maximum Gasteiger partial charge on any atom is 0.243 e. The first-order valence-electron chi connectivity index (χ1n) is 9.09. The van der Waals surface area contributed by atoms with Gasteiger partial charge in [-0.05, 0) is 36.8 Å². The van der Waals surface area contributed by atoms with Crippen LogP contribution in [0.15, 0.2) is 53.4 Å². The number of aryl methyl sites for hydroxylation is 1. The molecule has 1 aliphatic heterocycles. The van der Waals surface area contributed by atoms with Crippen LogP contribution in [0.3, 0.4) is 0 Å². The number of rotatable bonds is 5. The molecule has 3 rings (SSSR count). The van der Waals surface area contributed by atoms with Gasteiger partial charge in [0.25, 0.3) is 0 Å². The van der Waals surface area contributed by atoms with E-state index in [1.165, 1.54) is 19.2 Å².